The zero-order chi connectivity index (χ0) is 27.2. The quantitative estimate of drug-likeness (QED) is 0.260. The molecule has 0 bridgehead atoms. The summed E-state index contributed by atoms with van der Waals surface area (Å²) >= 11 is 0. The first-order valence-corrected chi connectivity index (χ1v) is 12.2. The number of hydrogen-bond acceptors (Lipinski definition) is 6. The van der Waals surface area contributed by atoms with Gasteiger partial charge in [-0.15, -0.1) is 0 Å². The molecule has 2 unspecified atom stereocenters. The molecule has 0 aliphatic rings. The number of aromatic nitrogens is 1. The molecule has 0 spiro atoms. The monoisotopic (exact) mass is 501 g/mol. The van der Waals surface area contributed by atoms with Crippen molar-refractivity contribution in [3.8, 4) is 11.8 Å². The maximum Gasteiger partial charge on any atom is 0.268 e. The highest BCUT2D eigenvalue weighted by Crippen LogP contribution is 2.24. The van der Waals surface area contributed by atoms with E-state index in [2.05, 4.69) is 27.6 Å². The predicted molar refractivity (Wildman–Crippen MR) is 146 cm³/mol. The Morgan fingerprint density at radius 1 is 0.946 bits per heavy atom. The summed E-state index contributed by atoms with van der Waals surface area (Å²) in [6.07, 6.45) is 2.02. The Labute approximate surface area is 218 Å². The first kappa shape index (κ1) is 27.9. The minimum Gasteiger partial charge on any atom is -0.370 e. The molecular weight excluding hydrogens is 466 g/mol. The lowest BCUT2D eigenvalue weighted by Gasteiger charge is -2.31. The number of nitrogens with one attached hydrogen (secondary N) is 2. The first-order chi connectivity index (χ1) is 17.3. The number of ether oxygens (including phenoxy) is 1. The number of rotatable bonds is 7. The molecule has 2 atom stereocenters. The van der Waals surface area contributed by atoms with Crippen LogP contribution in [0.1, 0.15) is 70.0 Å². The fraction of sp³-hybridized carbons (Fsp3) is 0.367. The Morgan fingerprint density at radius 3 is 2.22 bits per heavy atom. The van der Waals surface area contributed by atoms with Crippen molar-refractivity contribution >= 4 is 28.8 Å². The van der Waals surface area contributed by atoms with Crippen LogP contribution < -0.4 is 10.8 Å². The maximum absolute atomic E-state index is 13.1. The Kier molecular flexibility index (Phi) is 8.69. The van der Waals surface area contributed by atoms with Crippen LogP contribution in [0.3, 0.4) is 0 Å². The molecule has 7 heteroatoms. The summed E-state index contributed by atoms with van der Waals surface area (Å²) in [6.45, 7) is 13.3. The zero-order valence-electron chi connectivity index (χ0n) is 22.5. The number of amides is 1. The van der Waals surface area contributed by atoms with E-state index in [9.17, 15) is 9.59 Å². The van der Waals surface area contributed by atoms with Gasteiger partial charge in [-0.1, -0.05) is 24.0 Å². The van der Waals surface area contributed by atoms with Gasteiger partial charge in [0.1, 0.15) is 18.1 Å². The van der Waals surface area contributed by atoms with Crippen LogP contribution >= 0.6 is 0 Å². The van der Waals surface area contributed by atoms with E-state index in [1.807, 2.05) is 84.9 Å². The van der Waals surface area contributed by atoms with Gasteiger partial charge in [0.05, 0.1) is 17.3 Å². The van der Waals surface area contributed by atoms with Crippen LogP contribution in [0, 0.1) is 11.8 Å². The number of anilines is 1. The second-order valence-electron chi connectivity index (χ2n) is 10.8. The van der Waals surface area contributed by atoms with Crippen LogP contribution in [0.4, 0.5) is 5.82 Å². The fourth-order valence-corrected chi connectivity index (χ4v) is 3.60. The van der Waals surface area contributed by atoms with Gasteiger partial charge in [-0.3, -0.25) is 14.4 Å². The number of carbonyl (C=O) groups is 2. The van der Waals surface area contributed by atoms with Crippen LogP contribution in [0.15, 0.2) is 54.7 Å². The highest BCUT2D eigenvalue weighted by Gasteiger charge is 2.31. The molecule has 37 heavy (non-hydrogen) atoms. The number of carbonyl (C=O) groups excluding carboxylic acids is 2. The molecule has 7 nitrogen and oxygen atoms in total. The van der Waals surface area contributed by atoms with E-state index in [4.69, 9.17) is 9.57 Å². The molecule has 0 radical (unpaired) electrons. The Hall–Kier alpha value is -3.73. The van der Waals surface area contributed by atoms with Gasteiger partial charge in [0, 0.05) is 28.3 Å². The average Bonchev–Trinajstić information content (AvgIpc) is 2.83. The first-order valence-electron chi connectivity index (χ1n) is 12.2. The molecule has 2 aromatic carbocycles. The summed E-state index contributed by atoms with van der Waals surface area (Å²) in [6, 6.07) is 14.1. The largest absolute Gasteiger partial charge is 0.370 e. The Bertz CT molecular complexity index is 1310. The number of pyridine rings is 1. The number of aldehydes is 1. The minimum absolute atomic E-state index is 0.353. The number of hydroxylamine groups is 1. The van der Waals surface area contributed by atoms with Crippen molar-refractivity contribution in [1.82, 2.24) is 10.5 Å². The Morgan fingerprint density at radius 2 is 1.59 bits per heavy atom. The Balaban J connectivity index is 1.88. The van der Waals surface area contributed by atoms with E-state index in [0.29, 0.717) is 11.4 Å². The van der Waals surface area contributed by atoms with Crippen LogP contribution in [0.2, 0.25) is 0 Å². The fourth-order valence-electron chi connectivity index (χ4n) is 3.60. The molecule has 0 aliphatic carbocycles. The van der Waals surface area contributed by atoms with Crippen LogP contribution in [-0.2, 0) is 14.4 Å². The standard InChI is InChI=1S/C30H35N3O4/c1-20(36-29(2,3)4)26(28(35)33-37-30(5,6)7)32-27-25-15-14-22(18-24(25)16-17-31-27)11-8-21-9-12-23(19-34)13-10-21/h9-10,12-20,26H,1-7H3,(H,31,32)(H,33,35). The van der Waals surface area contributed by atoms with Crippen molar-refractivity contribution in [2.75, 3.05) is 5.32 Å². The van der Waals surface area contributed by atoms with E-state index in [1.54, 1.807) is 18.3 Å². The molecule has 0 aliphatic heterocycles. The molecule has 3 aromatic rings. The van der Waals surface area contributed by atoms with E-state index in [0.717, 1.165) is 28.2 Å². The second kappa shape index (κ2) is 11.5. The molecule has 0 fully saturated rings. The van der Waals surface area contributed by atoms with Gasteiger partial charge in [0.25, 0.3) is 5.91 Å². The topological polar surface area (TPSA) is 89.5 Å². The lowest BCUT2D eigenvalue weighted by Crippen LogP contribution is -2.50. The van der Waals surface area contributed by atoms with E-state index >= 15 is 0 Å². The lowest BCUT2D eigenvalue weighted by atomic mass is 10.1. The number of nitrogens with zero attached hydrogens (tertiary/aromatic N) is 1. The SMILES string of the molecule is CC(OC(C)(C)C)C(Nc1nccc2cc(C#Cc3ccc(C=O)cc3)ccc12)C(=O)NOC(C)(C)C. The number of hydrogen-bond donors (Lipinski definition) is 2. The summed E-state index contributed by atoms with van der Waals surface area (Å²) in [5, 5.41) is 5.05. The molecule has 0 saturated heterocycles. The molecule has 3 rings (SSSR count). The summed E-state index contributed by atoms with van der Waals surface area (Å²) in [7, 11) is 0. The molecule has 2 N–H and O–H groups in total. The molecule has 194 valence electrons. The molecule has 1 aromatic heterocycles. The maximum atomic E-state index is 13.1. The highest BCUT2D eigenvalue weighted by atomic mass is 16.7. The van der Waals surface area contributed by atoms with Gasteiger partial charge in [-0.05, 0) is 90.3 Å². The average molecular weight is 502 g/mol. The van der Waals surface area contributed by atoms with Gasteiger partial charge in [0.15, 0.2) is 0 Å². The van der Waals surface area contributed by atoms with Crippen LogP contribution in [0.25, 0.3) is 10.8 Å². The predicted octanol–water partition coefficient (Wildman–Crippen LogP) is 5.28. The number of fused-ring (bicyclic) bond motifs is 1. The van der Waals surface area contributed by atoms with Gasteiger partial charge in [-0.25, -0.2) is 10.5 Å². The van der Waals surface area contributed by atoms with Crippen LogP contribution in [-0.4, -0.2) is 40.5 Å². The third-order valence-corrected chi connectivity index (χ3v) is 5.20. The van der Waals surface area contributed by atoms with Crippen molar-refractivity contribution < 1.29 is 19.2 Å². The van der Waals surface area contributed by atoms with E-state index < -0.39 is 23.3 Å². The summed E-state index contributed by atoms with van der Waals surface area (Å²) in [5.41, 5.74) is 3.84. The summed E-state index contributed by atoms with van der Waals surface area (Å²) in [4.78, 5) is 34.0. The zero-order valence-corrected chi connectivity index (χ0v) is 22.5. The number of benzene rings is 2. The van der Waals surface area contributed by atoms with Crippen molar-refractivity contribution in [2.24, 2.45) is 0 Å². The highest BCUT2D eigenvalue weighted by molar-refractivity contribution is 5.94. The van der Waals surface area contributed by atoms with E-state index in [1.165, 1.54) is 0 Å². The lowest BCUT2D eigenvalue weighted by molar-refractivity contribution is -0.151. The normalized spacial score (nSPS) is 13.3. The molecule has 1 amide bonds. The third-order valence-electron chi connectivity index (χ3n) is 5.20. The molecule has 1 heterocycles. The minimum atomic E-state index is -0.756. The van der Waals surface area contributed by atoms with Crippen molar-refractivity contribution in [3.05, 3.63) is 71.4 Å². The van der Waals surface area contributed by atoms with Crippen molar-refractivity contribution in [2.45, 2.75) is 71.8 Å². The van der Waals surface area contributed by atoms with Gasteiger partial charge in [0.2, 0.25) is 0 Å². The molecular formula is C30H35N3O4. The molecule has 0 saturated carbocycles. The smallest absolute Gasteiger partial charge is 0.268 e. The van der Waals surface area contributed by atoms with Gasteiger partial charge < -0.3 is 10.1 Å². The summed E-state index contributed by atoms with van der Waals surface area (Å²) in [5.74, 6) is 6.49. The third kappa shape index (κ3) is 8.42. The summed E-state index contributed by atoms with van der Waals surface area (Å²) < 4.78 is 6.10. The van der Waals surface area contributed by atoms with Crippen molar-refractivity contribution in [3.63, 3.8) is 0 Å². The second-order valence-corrected chi connectivity index (χ2v) is 10.8. The van der Waals surface area contributed by atoms with Crippen molar-refractivity contribution in [1.29, 1.82) is 0 Å². The van der Waals surface area contributed by atoms with Gasteiger partial charge >= 0.3 is 0 Å². The van der Waals surface area contributed by atoms with Crippen LogP contribution in [0.5, 0.6) is 0 Å². The van der Waals surface area contributed by atoms with E-state index in [-0.39, 0.29) is 5.91 Å². The van der Waals surface area contributed by atoms with Gasteiger partial charge in [-0.2, -0.15) is 0 Å².